The summed E-state index contributed by atoms with van der Waals surface area (Å²) >= 11 is 0. The topological polar surface area (TPSA) is 21.8 Å². The molecule has 2 unspecified atom stereocenters. The van der Waals surface area contributed by atoms with Crippen LogP contribution in [0.5, 0.6) is 0 Å². The first kappa shape index (κ1) is 8.80. The van der Waals surface area contributed by atoms with Crippen molar-refractivity contribution in [1.82, 2.24) is 0 Å². The van der Waals surface area contributed by atoms with Crippen molar-refractivity contribution in [3.05, 3.63) is 0 Å². The van der Waals surface area contributed by atoms with E-state index < -0.39 is 19.2 Å². The summed E-state index contributed by atoms with van der Waals surface area (Å²) in [5.41, 5.74) is 0. The Kier molecular flexibility index (Phi) is 3.14. The van der Waals surface area contributed by atoms with E-state index in [-0.39, 0.29) is 12.7 Å². The summed E-state index contributed by atoms with van der Waals surface area (Å²) < 4.78 is 44.4. The van der Waals surface area contributed by atoms with Crippen LogP contribution in [0.3, 0.4) is 0 Å². The predicted molar refractivity (Wildman–Crippen MR) is 31.5 cm³/mol. The molecule has 2 nitrogen and oxygen atoms in total. The first-order valence-corrected chi connectivity index (χ1v) is 3.31. The smallest absolute Gasteiger partial charge is 0.271 e. The molecule has 1 rings (SSSR count). The van der Waals surface area contributed by atoms with Gasteiger partial charge in [0.15, 0.2) is 6.17 Å². The maximum atomic E-state index is 12.1. The Morgan fingerprint density at radius 1 is 1.45 bits per heavy atom. The lowest BCUT2D eigenvalue weighted by atomic mass is 10.4. The molecule has 66 valence electrons. The zero-order valence-electron chi connectivity index (χ0n) is 5.80. The highest BCUT2D eigenvalue weighted by Gasteiger charge is 2.24. The Morgan fingerprint density at radius 3 is 2.55 bits per heavy atom. The average Bonchev–Trinajstić information content (AvgIpc) is 2.71. The number of hydrogen-bond acceptors (Lipinski definition) is 2. The molecule has 0 aliphatic carbocycles. The van der Waals surface area contributed by atoms with Crippen LogP contribution < -0.4 is 0 Å². The highest BCUT2D eigenvalue weighted by Crippen LogP contribution is 2.10. The highest BCUT2D eigenvalue weighted by atomic mass is 19.3. The van der Waals surface area contributed by atoms with Gasteiger partial charge in [0.25, 0.3) is 6.43 Å². The van der Waals surface area contributed by atoms with Crippen molar-refractivity contribution in [3.8, 4) is 0 Å². The van der Waals surface area contributed by atoms with Crippen LogP contribution in [0.2, 0.25) is 0 Å². The minimum absolute atomic E-state index is 0.000118. The molecule has 0 spiro atoms. The molecule has 5 heteroatoms. The van der Waals surface area contributed by atoms with E-state index in [1.54, 1.807) is 0 Å². The Morgan fingerprint density at radius 2 is 2.09 bits per heavy atom. The molecule has 1 heterocycles. The van der Waals surface area contributed by atoms with Crippen LogP contribution >= 0.6 is 0 Å². The van der Waals surface area contributed by atoms with Gasteiger partial charge in [-0.05, 0) is 0 Å². The third kappa shape index (κ3) is 3.57. The maximum absolute atomic E-state index is 12.1. The van der Waals surface area contributed by atoms with Gasteiger partial charge in [-0.25, -0.2) is 13.2 Å². The van der Waals surface area contributed by atoms with E-state index in [1.807, 2.05) is 0 Å². The molecule has 0 amide bonds. The van der Waals surface area contributed by atoms with Crippen molar-refractivity contribution in [1.29, 1.82) is 0 Å². The normalized spacial score (nSPS) is 25.6. The predicted octanol–water partition coefficient (Wildman–Crippen LogP) is 1.00. The number of rotatable bonds is 5. The van der Waals surface area contributed by atoms with Gasteiger partial charge in [0.2, 0.25) is 0 Å². The summed E-state index contributed by atoms with van der Waals surface area (Å²) in [6.45, 7) is 0.260. The summed E-state index contributed by atoms with van der Waals surface area (Å²) in [6.07, 6.45) is -5.12. The molecule has 1 aliphatic heterocycles. The molecule has 1 saturated heterocycles. The van der Waals surface area contributed by atoms with Gasteiger partial charge in [-0.15, -0.1) is 0 Å². The molecule has 2 atom stereocenters. The van der Waals surface area contributed by atoms with Crippen LogP contribution in [0, 0.1) is 0 Å². The standard InChI is InChI=1S/C6H9F3O2/c7-5(6(8)9)3-10-1-4-2-11-4/h4-6H,1-3H2. The second kappa shape index (κ2) is 3.92. The Bertz CT molecular complexity index is 116. The zero-order chi connectivity index (χ0) is 8.27. The lowest BCUT2D eigenvalue weighted by Gasteiger charge is -2.05. The van der Waals surface area contributed by atoms with Crippen molar-refractivity contribution in [2.45, 2.75) is 18.7 Å². The number of halogens is 3. The van der Waals surface area contributed by atoms with Crippen molar-refractivity contribution in [2.24, 2.45) is 0 Å². The average molecular weight is 170 g/mol. The molecule has 1 aliphatic rings. The van der Waals surface area contributed by atoms with Crippen LogP contribution in [-0.4, -0.2) is 38.5 Å². The summed E-state index contributed by atoms with van der Waals surface area (Å²) in [5, 5.41) is 0. The Balaban J connectivity index is 1.92. The first-order chi connectivity index (χ1) is 5.20. The van der Waals surface area contributed by atoms with Crippen LogP contribution in [0.15, 0.2) is 0 Å². The fourth-order valence-electron chi connectivity index (χ4n) is 0.549. The Labute approximate surface area is 62.3 Å². The van der Waals surface area contributed by atoms with Gasteiger partial charge in [0.1, 0.15) is 6.10 Å². The summed E-state index contributed by atoms with van der Waals surface area (Å²) in [6, 6.07) is 0. The highest BCUT2D eigenvalue weighted by molar-refractivity contribution is 4.68. The summed E-state index contributed by atoms with van der Waals surface area (Å²) in [4.78, 5) is 0. The van der Waals surface area contributed by atoms with E-state index in [0.29, 0.717) is 6.61 Å². The molecule has 0 aromatic heterocycles. The number of epoxide rings is 1. The van der Waals surface area contributed by atoms with Crippen molar-refractivity contribution in [3.63, 3.8) is 0 Å². The van der Waals surface area contributed by atoms with E-state index in [9.17, 15) is 13.2 Å². The SMILES string of the molecule is FC(F)C(F)COCC1CO1. The monoisotopic (exact) mass is 170 g/mol. The third-order valence-corrected chi connectivity index (χ3v) is 1.26. The van der Waals surface area contributed by atoms with E-state index in [1.165, 1.54) is 0 Å². The fraction of sp³-hybridized carbons (Fsp3) is 1.00. The van der Waals surface area contributed by atoms with Crippen LogP contribution in [0.25, 0.3) is 0 Å². The van der Waals surface area contributed by atoms with E-state index in [0.717, 1.165) is 0 Å². The number of alkyl halides is 3. The molecule has 11 heavy (non-hydrogen) atoms. The molecule has 0 bridgehead atoms. The zero-order valence-corrected chi connectivity index (χ0v) is 5.80. The fourth-order valence-corrected chi connectivity index (χ4v) is 0.549. The molecule has 0 aromatic carbocycles. The van der Waals surface area contributed by atoms with Crippen molar-refractivity contribution in [2.75, 3.05) is 19.8 Å². The maximum Gasteiger partial charge on any atom is 0.271 e. The number of ether oxygens (including phenoxy) is 2. The molecule has 0 radical (unpaired) electrons. The van der Waals surface area contributed by atoms with Gasteiger partial charge >= 0.3 is 0 Å². The molecule has 0 saturated carbocycles. The van der Waals surface area contributed by atoms with Gasteiger partial charge in [-0.1, -0.05) is 0 Å². The Hall–Kier alpha value is -0.290. The molecule has 1 fully saturated rings. The van der Waals surface area contributed by atoms with Crippen LogP contribution in [-0.2, 0) is 9.47 Å². The molecular weight excluding hydrogens is 161 g/mol. The lowest BCUT2D eigenvalue weighted by molar-refractivity contribution is -0.0133. The van der Waals surface area contributed by atoms with Gasteiger partial charge in [0, 0.05) is 0 Å². The van der Waals surface area contributed by atoms with Gasteiger partial charge in [-0.2, -0.15) is 0 Å². The first-order valence-electron chi connectivity index (χ1n) is 3.31. The second-order valence-electron chi connectivity index (χ2n) is 2.34. The van der Waals surface area contributed by atoms with Crippen molar-refractivity contribution >= 4 is 0 Å². The number of hydrogen-bond donors (Lipinski definition) is 0. The minimum Gasteiger partial charge on any atom is -0.375 e. The quantitative estimate of drug-likeness (QED) is 0.574. The van der Waals surface area contributed by atoms with E-state index in [4.69, 9.17) is 4.74 Å². The largest absolute Gasteiger partial charge is 0.375 e. The third-order valence-electron chi connectivity index (χ3n) is 1.26. The van der Waals surface area contributed by atoms with Gasteiger partial charge < -0.3 is 9.47 Å². The minimum atomic E-state index is -2.95. The van der Waals surface area contributed by atoms with Crippen LogP contribution in [0.1, 0.15) is 0 Å². The van der Waals surface area contributed by atoms with Crippen LogP contribution in [0.4, 0.5) is 13.2 Å². The summed E-state index contributed by atoms with van der Waals surface area (Å²) in [5.74, 6) is 0. The molecular formula is C6H9F3O2. The second-order valence-corrected chi connectivity index (χ2v) is 2.34. The summed E-state index contributed by atoms with van der Waals surface area (Å²) in [7, 11) is 0. The molecule has 0 aromatic rings. The lowest BCUT2D eigenvalue weighted by Crippen LogP contribution is -2.20. The van der Waals surface area contributed by atoms with Gasteiger partial charge in [0.05, 0.1) is 19.8 Å². The van der Waals surface area contributed by atoms with Gasteiger partial charge in [-0.3, -0.25) is 0 Å². The van der Waals surface area contributed by atoms with E-state index >= 15 is 0 Å². The van der Waals surface area contributed by atoms with E-state index in [2.05, 4.69) is 4.74 Å². The molecule has 0 N–H and O–H groups in total. The van der Waals surface area contributed by atoms with Crippen molar-refractivity contribution < 1.29 is 22.6 Å².